The van der Waals surface area contributed by atoms with Crippen LogP contribution in [0.25, 0.3) is 0 Å². The molecule has 150 valence electrons. The summed E-state index contributed by atoms with van der Waals surface area (Å²) in [6.45, 7) is 3.35. The van der Waals surface area contributed by atoms with Crippen molar-refractivity contribution < 1.29 is 22.7 Å². The van der Waals surface area contributed by atoms with E-state index in [-0.39, 0.29) is 36.0 Å². The molecule has 0 aliphatic heterocycles. The second-order valence-corrected chi connectivity index (χ2v) is 8.68. The third-order valence-electron chi connectivity index (χ3n) is 4.15. The van der Waals surface area contributed by atoms with Gasteiger partial charge in [-0.3, -0.25) is 9.59 Å². The van der Waals surface area contributed by atoms with Crippen molar-refractivity contribution in [3.8, 4) is 0 Å². The highest BCUT2D eigenvalue weighted by atomic mass is 32.2. The molecular weight excluding hydrogens is 378 g/mol. The topological polar surface area (TPSA) is 89.5 Å². The molecule has 28 heavy (non-hydrogen) atoms. The second kappa shape index (κ2) is 10.0. The van der Waals surface area contributed by atoms with Crippen LogP contribution < -0.4 is 5.32 Å². The van der Waals surface area contributed by atoms with Gasteiger partial charge in [-0.05, 0) is 31.0 Å². The van der Waals surface area contributed by atoms with Crippen molar-refractivity contribution in [3.63, 3.8) is 0 Å². The minimum absolute atomic E-state index is 0.00554. The van der Waals surface area contributed by atoms with Gasteiger partial charge in [0.15, 0.2) is 9.84 Å². The standard InChI is InChI=1S/C21H25NO5S/c1-16-9-11-18(12-10-16)20(22-17(2)23)15-21(24)27-13-6-14-28(25,26)19-7-4-3-5-8-19/h3-5,7-12,20H,6,13-15H2,1-2H3,(H,22,23). The van der Waals surface area contributed by atoms with Gasteiger partial charge < -0.3 is 10.1 Å². The van der Waals surface area contributed by atoms with E-state index in [1.807, 2.05) is 31.2 Å². The Balaban J connectivity index is 1.85. The molecule has 0 radical (unpaired) electrons. The van der Waals surface area contributed by atoms with E-state index < -0.39 is 21.8 Å². The molecule has 0 spiro atoms. The van der Waals surface area contributed by atoms with Gasteiger partial charge in [0.05, 0.1) is 29.7 Å². The number of nitrogens with one attached hydrogen (secondary N) is 1. The summed E-state index contributed by atoms with van der Waals surface area (Å²) in [5.74, 6) is -0.832. The molecule has 6 nitrogen and oxygen atoms in total. The molecule has 7 heteroatoms. The molecule has 0 aromatic heterocycles. The van der Waals surface area contributed by atoms with Gasteiger partial charge in [0.25, 0.3) is 0 Å². The first-order valence-corrected chi connectivity index (χ1v) is 10.7. The van der Waals surface area contributed by atoms with E-state index in [1.165, 1.54) is 6.92 Å². The Hall–Kier alpha value is -2.67. The minimum Gasteiger partial charge on any atom is -0.466 e. The molecule has 0 heterocycles. The summed E-state index contributed by atoms with van der Waals surface area (Å²) >= 11 is 0. The van der Waals surface area contributed by atoms with Gasteiger partial charge in [0.2, 0.25) is 5.91 Å². The van der Waals surface area contributed by atoms with Crippen LogP contribution in [0.4, 0.5) is 0 Å². The van der Waals surface area contributed by atoms with E-state index in [2.05, 4.69) is 5.32 Å². The zero-order valence-corrected chi connectivity index (χ0v) is 16.9. The van der Waals surface area contributed by atoms with Gasteiger partial charge in [-0.25, -0.2) is 8.42 Å². The van der Waals surface area contributed by atoms with Crippen molar-refractivity contribution in [2.24, 2.45) is 0 Å². The highest BCUT2D eigenvalue weighted by molar-refractivity contribution is 7.91. The number of carbonyl (C=O) groups excluding carboxylic acids is 2. The molecule has 1 unspecified atom stereocenters. The van der Waals surface area contributed by atoms with E-state index in [0.717, 1.165) is 11.1 Å². The number of aryl methyl sites for hydroxylation is 1. The molecular formula is C21H25NO5S. The third-order valence-corrected chi connectivity index (χ3v) is 5.97. The molecule has 0 fully saturated rings. The quantitative estimate of drug-likeness (QED) is 0.514. The lowest BCUT2D eigenvalue weighted by Gasteiger charge is -2.18. The zero-order valence-electron chi connectivity index (χ0n) is 16.1. The van der Waals surface area contributed by atoms with Crippen molar-refractivity contribution in [3.05, 3.63) is 65.7 Å². The molecule has 2 aromatic rings. The second-order valence-electron chi connectivity index (χ2n) is 6.57. The number of rotatable bonds is 9. The largest absolute Gasteiger partial charge is 0.466 e. The van der Waals surface area contributed by atoms with Crippen molar-refractivity contribution >= 4 is 21.7 Å². The molecule has 2 aromatic carbocycles. The number of benzene rings is 2. The van der Waals surface area contributed by atoms with Crippen LogP contribution in [-0.2, 0) is 24.2 Å². The summed E-state index contributed by atoms with van der Waals surface area (Å²) < 4.78 is 29.6. The predicted octanol–water partition coefficient (Wildman–Crippen LogP) is 2.97. The van der Waals surface area contributed by atoms with Gasteiger partial charge in [0.1, 0.15) is 0 Å². The number of amides is 1. The van der Waals surface area contributed by atoms with Crippen LogP contribution in [0.2, 0.25) is 0 Å². The lowest BCUT2D eigenvalue weighted by atomic mass is 10.0. The van der Waals surface area contributed by atoms with Crippen LogP contribution in [0.5, 0.6) is 0 Å². The van der Waals surface area contributed by atoms with Gasteiger partial charge in [-0.2, -0.15) is 0 Å². The fraction of sp³-hybridized carbons (Fsp3) is 0.333. The molecule has 0 aliphatic carbocycles. The first kappa shape index (κ1) is 21.6. The molecule has 1 amide bonds. The molecule has 2 rings (SSSR count). The summed E-state index contributed by atoms with van der Waals surface area (Å²) in [6, 6.07) is 15.2. The number of hydrogen-bond acceptors (Lipinski definition) is 5. The summed E-state index contributed by atoms with van der Waals surface area (Å²) in [4.78, 5) is 23.9. The predicted molar refractivity (Wildman–Crippen MR) is 106 cm³/mol. The maximum atomic E-state index is 12.2. The summed E-state index contributed by atoms with van der Waals surface area (Å²) in [5, 5.41) is 2.75. The molecule has 0 aliphatic rings. The summed E-state index contributed by atoms with van der Waals surface area (Å²) in [6.07, 6.45) is 0.187. The monoisotopic (exact) mass is 403 g/mol. The van der Waals surface area contributed by atoms with E-state index >= 15 is 0 Å². The Labute approximate surface area is 165 Å². The van der Waals surface area contributed by atoms with E-state index in [4.69, 9.17) is 4.74 Å². The highest BCUT2D eigenvalue weighted by Gasteiger charge is 2.19. The average molecular weight is 404 g/mol. The van der Waals surface area contributed by atoms with Crippen molar-refractivity contribution in [1.82, 2.24) is 5.32 Å². The van der Waals surface area contributed by atoms with E-state index in [1.54, 1.807) is 30.3 Å². The van der Waals surface area contributed by atoms with Gasteiger partial charge in [-0.1, -0.05) is 48.0 Å². The zero-order chi connectivity index (χ0) is 20.6. The number of hydrogen-bond donors (Lipinski definition) is 1. The Kier molecular flexibility index (Phi) is 7.75. The number of sulfone groups is 1. The Morgan fingerprint density at radius 2 is 1.68 bits per heavy atom. The maximum absolute atomic E-state index is 12.2. The van der Waals surface area contributed by atoms with Crippen molar-refractivity contribution in [2.75, 3.05) is 12.4 Å². The first-order valence-electron chi connectivity index (χ1n) is 9.05. The van der Waals surface area contributed by atoms with Crippen molar-refractivity contribution in [2.45, 2.75) is 37.6 Å². The Morgan fingerprint density at radius 3 is 2.29 bits per heavy atom. The van der Waals surface area contributed by atoms with Crippen LogP contribution in [-0.4, -0.2) is 32.7 Å². The average Bonchev–Trinajstić information content (AvgIpc) is 2.66. The van der Waals surface area contributed by atoms with Gasteiger partial charge in [0, 0.05) is 6.92 Å². The van der Waals surface area contributed by atoms with Crippen LogP contribution in [0.15, 0.2) is 59.5 Å². The summed E-state index contributed by atoms with van der Waals surface area (Å²) in [5.41, 5.74) is 1.89. The summed E-state index contributed by atoms with van der Waals surface area (Å²) in [7, 11) is -3.39. The van der Waals surface area contributed by atoms with Crippen molar-refractivity contribution in [1.29, 1.82) is 0 Å². The molecule has 1 atom stereocenters. The SMILES string of the molecule is CC(=O)NC(CC(=O)OCCCS(=O)(=O)c1ccccc1)c1ccc(C)cc1. The fourth-order valence-corrected chi connectivity index (χ4v) is 4.01. The smallest absolute Gasteiger partial charge is 0.308 e. The number of ether oxygens (including phenoxy) is 1. The van der Waals surface area contributed by atoms with Crippen LogP contribution in [0.1, 0.15) is 36.9 Å². The van der Waals surface area contributed by atoms with Gasteiger partial charge >= 0.3 is 5.97 Å². The number of esters is 1. The minimum atomic E-state index is -3.39. The van der Waals surface area contributed by atoms with Crippen LogP contribution in [0.3, 0.4) is 0 Å². The molecule has 0 saturated heterocycles. The lowest BCUT2D eigenvalue weighted by molar-refractivity contribution is -0.144. The maximum Gasteiger partial charge on any atom is 0.308 e. The highest BCUT2D eigenvalue weighted by Crippen LogP contribution is 2.18. The van der Waals surface area contributed by atoms with E-state index in [9.17, 15) is 18.0 Å². The molecule has 0 saturated carbocycles. The number of carbonyl (C=O) groups is 2. The van der Waals surface area contributed by atoms with Crippen LogP contribution in [0, 0.1) is 6.92 Å². The third kappa shape index (κ3) is 6.81. The first-order chi connectivity index (χ1) is 13.3. The molecule has 0 bridgehead atoms. The molecule has 1 N–H and O–H groups in total. The Bertz CT molecular complexity index is 892. The Morgan fingerprint density at radius 1 is 1.04 bits per heavy atom. The lowest BCUT2D eigenvalue weighted by Crippen LogP contribution is -2.28. The van der Waals surface area contributed by atoms with Gasteiger partial charge in [-0.15, -0.1) is 0 Å². The fourth-order valence-electron chi connectivity index (χ4n) is 2.70. The normalized spacial score (nSPS) is 12.2. The van der Waals surface area contributed by atoms with Crippen LogP contribution >= 0.6 is 0 Å². The van der Waals surface area contributed by atoms with E-state index in [0.29, 0.717) is 0 Å².